The minimum Gasteiger partial charge on any atom is -0.368 e. The highest BCUT2D eigenvalue weighted by Gasteiger charge is 2.22. The van der Waals surface area contributed by atoms with Gasteiger partial charge in [-0.05, 0) is 49.2 Å². The van der Waals surface area contributed by atoms with Gasteiger partial charge in [-0.25, -0.2) is 4.39 Å². The number of ether oxygens (including phenoxy) is 1. The summed E-state index contributed by atoms with van der Waals surface area (Å²) in [7, 11) is 0. The second-order valence-electron chi connectivity index (χ2n) is 6.56. The predicted octanol–water partition coefficient (Wildman–Crippen LogP) is 2.10. The molecule has 3 amide bonds. The van der Waals surface area contributed by atoms with Gasteiger partial charge in [-0.1, -0.05) is 12.1 Å². The van der Waals surface area contributed by atoms with E-state index >= 15 is 0 Å². The molecule has 0 spiro atoms. The Labute approximate surface area is 167 Å². The molecule has 3 rings (SSSR count). The molecule has 3 N–H and O–H groups in total. The summed E-state index contributed by atoms with van der Waals surface area (Å²) in [4.78, 5) is 36.1. The molecule has 0 radical (unpaired) electrons. The molecule has 1 heterocycles. The summed E-state index contributed by atoms with van der Waals surface area (Å²) in [6, 6.07) is 11.9. The molecular formula is C21H22FN3O4. The Morgan fingerprint density at radius 2 is 1.69 bits per heavy atom. The standard InChI is InChI=1S/C21H22FN3O4/c22-17-5-2-1-4-16(17)20(27)25-15-9-7-14(8-10-15)19(26)23-11-12-24-21(28)18-6-3-13-29-18/h1-2,4-5,7-10,18H,3,6,11-13H2,(H,23,26)(H,24,28)(H,25,27). The lowest BCUT2D eigenvalue weighted by Gasteiger charge is -2.11. The van der Waals surface area contributed by atoms with E-state index in [1.165, 1.54) is 18.2 Å². The molecule has 1 fully saturated rings. The number of halogens is 1. The van der Waals surface area contributed by atoms with Crippen molar-refractivity contribution in [1.29, 1.82) is 0 Å². The maximum atomic E-state index is 13.7. The summed E-state index contributed by atoms with van der Waals surface area (Å²) in [6.45, 7) is 1.19. The number of carbonyl (C=O) groups is 3. The Balaban J connectivity index is 1.44. The molecule has 2 aromatic carbocycles. The molecule has 1 aliphatic rings. The number of rotatable bonds is 7. The summed E-state index contributed by atoms with van der Waals surface area (Å²) in [5.74, 6) is -1.63. The number of carbonyl (C=O) groups excluding carboxylic acids is 3. The summed E-state index contributed by atoms with van der Waals surface area (Å²) in [5.41, 5.74) is 0.789. The maximum Gasteiger partial charge on any atom is 0.258 e. The molecule has 0 bridgehead atoms. The number of anilines is 1. The van der Waals surface area contributed by atoms with Gasteiger partial charge in [-0.2, -0.15) is 0 Å². The SMILES string of the molecule is O=C(NCCNC(=O)C1CCCO1)c1ccc(NC(=O)c2ccccc2F)cc1. The van der Waals surface area contributed by atoms with Crippen LogP contribution in [0.15, 0.2) is 48.5 Å². The first kappa shape index (κ1) is 20.5. The van der Waals surface area contributed by atoms with E-state index < -0.39 is 17.8 Å². The van der Waals surface area contributed by atoms with E-state index in [0.717, 1.165) is 12.8 Å². The van der Waals surface area contributed by atoms with Crippen molar-refractivity contribution in [1.82, 2.24) is 10.6 Å². The third-order valence-electron chi connectivity index (χ3n) is 4.46. The molecule has 152 valence electrons. The van der Waals surface area contributed by atoms with Gasteiger partial charge in [0.1, 0.15) is 11.9 Å². The number of amides is 3. The van der Waals surface area contributed by atoms with Crippen LogP contribution in [0.3, 0.4) is 0 Å². The summed E-state index contributed by atoms with van der Waals surface area (Å²) in [6.07, 6.45) is 1.21. The average Bonchev–Trinajstić information content (AvgIpc) is 3.27. The van der Waals surface area contributed by atoms with Gasteiger partial charge in [0.2, 0.25) is 5.91 Å². The van der Waals surface area contributed by atoms with Crippen molar-refractivity contribution >= 4 is 23.4 Å². The molecule has 1 unspecified atom stereocenters. The quantitative estimate of drug-likeness (QED) is 0.622. The van der Waals surface area contributed by atoms with E-state index in [1.54, 1.807) is 30.3 Å². The zero-order chi connectivity index (χ0) is 20.6. The van der Waals surface area contributed by atoms with Crippen LogP contribution in [0.25, 0.3) is 0 Å². The summed E-state index contributed by atoms with van der Waals surface area (Å²) in [5, 5.41) is 8.02. The number of hydrogen-bond donors (Lipinski definition) is 3. The van der Waals surface area contributed by atoms with Crippen LogP contribution in [0.4, 0.5) is 10.1 Å². The molecule has 1 saturated heterocycles. The average molecular weight is 399 g/mol. The van der Waals surface area contributed by atoms with Crippen LogP contribution in [-0.2, 0) is 9.53 Å². The fourth-order valence-corrected chi connectivity index (χ4v) is 2.91. The Morgan fingerprint density at radius 1 is 0.966 bits per heavy atom. The van der Waals surface area contributed by atoms with Crippen molar-refractivity contribution in [2.75, 3.05) is 25.0 Å². The second kappa shape index (κ2) is 9.79. The van der Waals surface area contributed by atoms with Crippen molar-refractivity contribution in [3.63, 3.8) is 0 Å². The van der Waals surface area contributed by atoms with Gasteiger partial charge in [0.15, 0.2) is 0 Å². The first-order valence-electron chi connectivity index (χ1n) is 9.38. The molecule has 1 aliphatic heterocycles. The predicted molar refractivity (Wildman–Crippen MR) is 105 cm³/mol. The normalized spacial score (nSPS) is 15.6. The second-order valence-corrected chi connectivity index (χ2v) is 6.56. The van der Waals surface area contributed by atoms with E-state index in [-0.39, 0.29) is 23.9 Å². The third kappa shape index (κ3) is 5.61. The van der Waals surface area contributed by atoms with Gasteiger partial charge >= 0.3 is 0 Å². The van der Waals surface area contributed by atoms with Crippen LogP contribution < -0.4 is 16.0 Å². The van der Waals surface area contributed by atoms with Crippen molar-refractivity contribution in [2.45, 2.75) is 18.9 Å². The van der Waals surface area contributed by atoms with Crippen LogP contribution in [0, 0.1) is 5.82 Å². The van der Waals surface area contributed by atoms with Crippen molar-refractivity contribution in [3.05, 3.63) is 65.5 Å². The number of hydrogen-bond acceptors (Lipinski definition) is 4. The summed E-state index contributed by atoms with van der Waals surface area (Å²) >= 11 is 0. The molecule has 29 heavy (non-hydrogen) atoms. The minimum atomic E-state index is -0.604. The van der Waals surface area contributed by atoms with E-state index in [0.29, 0.717) is 24.4 Å². The lowest BCUT2D eigenvalue weighted by atomic mass is 10.1. The Morgan fingerprint density at radius 3 is 2.38 bits per heavy atom. The molecule has 7 nitrogen and oxygen atoms in total. The van der Waals surface area contributed by atoms with E-state index in [9.17, 15) is 18.8 Å². The largest absolute Gasteiger partial charge is 0.368 e. The van der Waals surface area contributed by atoms with Crippen LogP contribution in [0.1, 0.15) is 33.6 Å². The van der Waals surface area contributed by atoms with E-state index in [1.807, 2.05) is 0 Å². The monoisotopic (exact) mass is 399 g/mol. The highest BCUT2D eigenvalue weighted by Crippen LogP contribution is 2.13. The first-order chi connectivity index (χ1) is 14.0. The highest BCUT2D eigenvalue weighted by molar-refractivity contribution is 6.04. The molecule has 0 aromatic heterocycles. The van der Waals surface area contributed by atoms with Crippen LogP contribution in [-0.4, -0.2) is 43.5 Å². The fraction of sp³-hybridized carbons (Fsp3) is 0.286. The zero-order valence-corrected chi connectivity index (χ0v) is 15.7. The Bertz CT molecular complexity index is 880. The van der Waals surface area contributed by atoms with Crippen molar-refractivity contribution in [3.8, 4) is 0 Å². The molecule has 2 aromatic rings. The number of nitrogens with one attached hydrogen (secondary N) is 3. The Kier molecular flexibility index (Phi) is 6.91. The lowest BCUT2D eigenvalue weighted by molar-refractivity contribution is -0.129. The maximum absolute atomic E-state index is 13.7. The highest BCUT2D eigenvalue weighted by atomic mass is 19.1. The topological polar surface area (TPSA) is 96.5 Å². The van der Waals surface area contributed by atoms with Gasteiger partial charge in [0.25, 0.3) is 11.8 Å². The van der Waals surface area contributed by atoms with E-state index in [2.05, 4.69) is 16.0 Å². The smallest absolute Gasteiger partial charge is 0.258 e. The van der Waals surface area contributed by atoms with Gasteiger partial charge in [0.05, 0.1) is 5.56 Å². The van der Waals surface area contributed by atoms with Crippen LogP contribution in [0.2, 0.25) is 0 Å². The van der Waals surface area contributed by atoms with Gasteiger partial charge in [-0.15, -0.1) is 0 Å². The van der Waals surface area contributed by atoms with Crippen LogP contribution >= 0.6 is 0 Å². The fourth-order valence-electron chi connectivity index (χ4n) is 2.91. The van der Waals surface area contributed by atoms with E-state index in [4.69, 9.17) is 4.74 Å². The van der Waals surface area contributed by atoms with Gasteiger partial charge in [-0.3, -0.25) is 14.4 Å². The molecular weight excluding hydrogens is 377 g/mol. The zero-order valence-electron chi connectivity index (χ0n) is 15.7. The molecule has 8 heteroatoms. The number of benzene rings is 2. The molecule has 1 atom stereocenters. The van der Waals surface area contributed by atoms with Crippen LogP contribution in [0.5, 0.6) is 0 Å². The van der Waals surface area contributed by atoms with Crippen molar-refractivity contribution in [2.24, 2.45) is 0 Å². The van der Waals surface area contributed by atoms with Crippen molar-refractivity contribution < 1.29 is 23.5 Å². The third-order valence-corrected chi connectivity index (χ3v) is 4.46. The Hall–Kier alpha value is -3.26. The van der Waals surface area contributed by atoms with Gasteiger partial charge < -0.3 is 20.7 Å². The summed E-state index contributed by atoms with van der Waals surface area (Å²) < 4.78 is 18.9. The molecule has 0 aliphatic carbocycles. The first-order valence-corrected chi connectivity index (χ1v) is 9.38. The lowest BCUT2D eigenvalue weighted by Crippen LogP contribution is -2.39. The minimum absolute atomic E-state index is 0.0561. The van der Waals surface area contributed by atoms with Gasteiger partial charge in [0, 0.05) is 30.9 Å². The molecule has 0 saturated carbocycles.